The van der Waals surface area contributed by atoms with E-state index in [-0.39, 0.29) is 11.4 Å². The molecule has 4 aromatic rings. The van der Waals surface area contributed by atoms with Crippen LogP contribution in [0.5, 0.6) is 0 Å². The van der Waals surface area contributed by atoms with Crippen LogP contribution in [0.4, 0.5) is 45.4 Å². The van der Waals surface area contributed by atoms with E-state index in [1.54, 1.807) is 35.0 Å². The highest BCUT2D eigenvalue weighted by atomic mass is 32.1. The van der Waals surface area contributed by atoms with Gasteiger partial charge in [0.1, 0.15) is 0 Å². The zero-order valence-corrected chi connectivity index (χ0v) is 21.3. The van der Waals surface area contributed by atoms with Crippen LogP contribution in [-0.2, 0) is 9.59 Å². The summed E-state index contributed by atoms with van der Waals surface area (Å²) in [6.07, 6.45) is 0. The molecule has 0 atom stereocenters. The molecule has 202 valence electrons. The van der Waals surface area contributed by atoms with Crippen molar-refractivity contribution in [3.63, 3.8) is 0 Å². The summed E-state index contributed by atoms with van der Waals surface area (Å²) in [6.45, 7) is 0. The van der Waals surface area contributed by atoms with Gasteiger partial charge in [0.15, 0.2) is 10.3 Å². The zero-order chi connectivity index (χ0) is 27.9. The number of carbonyl (C=O) groups is 2. The predicted molar refractivity (Wildman–Crippen MR) is 128 cm³/mol. The van der Waals surface area contributed by atoms with Gasteiger partial charge in [0.2, 0.25) is 0 Å². The van der Waals surface area contributed by atoms with Gasteiger partial charge in [-0.15, -0.1) is 45.3 Å². The van der Waals surface area contributed by atoms with Crippen LogP contribution in [0.3, 0.4) is 0 Å². The second kappa shape index (κ2) is 9.97. The highest BCUT2D eigenvalue weighted by molar-refractivity contribution is 7.16. The molecule has 18 heteroatoms. The van der Waals surface area contributed by atoms with Crippen molar-refractivity contribution in [2.24, 2.45) is 0 Å². The highest BCUT2D eigenvalue weighted by Gasteiger charge is 2.84. The lowest BCUT2D eigenvalue weighted by atomic mass is 9.97. The average Bonchev–Trinajstić information content (AvgIpc) is 3.66. The molecule has 0 aromatic carbocycles. The van der Waals surface area contributed by atoms with Gasteiger partial charge in [0.05, 0.1) is 21.1 Å². The number of rotatable bonds is 9. The number of nitrogens with zero attached hydrogens (tertiary/aromatic N) is 2. The summed E-state index contributed by atoms with van der Waals surface area (Å²) in [5.74, 6) is -32.8. The molecular formula is C20H10F8N4O2S4. The van der Waals surface area contributed by atoms with Gasteiger partial charge in [0, 0.05) is 10.8 Å². The zero-order valence-electron chi connectivity index (χ0n) is 18.0. The number of carbonyl (C=O) groups excluding carboxylic acids is 2. The van der Waals surface area contributed by atoms with Gasteiger partial charge in [-0.1, -0.05) is 12.1 Å². The maximum Gasteiger partial charge on any atom is 0.393 e. The molecule has 4 aromatic heterocycles. The van der Waals surface area contributed by atoms with Crippen LogP contribution in [0.25, 0.3) is 21.1 Å². The van der Waals surface area contributed by atoms with Crippen molar-refractivity contribution in [3.8, 4) is 21.1 Å². The number of anilines is 2. The second-order valence-corrected chi connectivity index (χ2v) is 10.8. The van der Waals surface area contributed by atoms with Crippen LogP contribution >= 0.6 is 45.3 Å². The van der Waals surface area contributed by atoms with Crippen LogP contribution in [0, 0.1) is 0 Å². The number of amides is 2. The monoisotopic (exact) mass is 618 g/mol. The summed E-state index contributed by atoms with van der Waals surface area (Å²) >= 11 is 3.34. The van der Waals surface area contributed by atoms with E-state index in [4.69, 9.17) is 0 Å². The van der Waals surface area contributed by atoms with Gasteiger partial charge in [-0.2, -0.15) is 35.1 Å². The summed E-state index contributed by atoms with van der Waals surface area (Å²) in [5, 5.41) is 6.91. The third-order valence-electron chi connectivity index (χ3n) is 4.75. The number of alkyl halides is 8. The Hall–Kier alpha value is -2.96. The van der Waals surface area contributed by atoms with Crippen molar-refractivity contribution >= 4 is 67.4 Å². The molecule has 4 rings (SSSR count). The van der Waals surface area contributed by atoms with Gasteiger partial charge < -0.3 is 0 Å². The maximum atomic E-state index is 14.3. The van der Waals surface area contributed by atoms with Crippen molar-refractivity contribution in [1.29, 1.82) is 0 Å². The van der Waals surface area contributed by atoms with E-state index in [0.717, 1.165) is 0 Å². The Labute approximate surface area is 223 Å². The molecule has 0 unspecified atom stereocenters. The number of hydrogen-bond acceptors (Lipinski definition) is 8. The van der Waals surface area contributed by atoms with Crippen molar-refractivity contribution in [2.45, 2.75) is 23.7 Å². The molecule has 6 nitrogen and oxygen atoms in total. The van der Waals surface area contributed by atoms with E-state index < -0.39 is 45.8 Å². The van der Waals surface area contributed by atoms with E-state index in [0.29, 0.717) is 32.4 Å². The summed E-state index contributed by atoms with van der Waals surface area (Å²) in [6, 6.07) is 6.36. The highest BCUT2D eigenvalue weighted by Crippen LogP contribution is 2.53. The van der Waals surface area contributed by atoms with Gasteiger partial charge in [-0.25, -0.2) is 9.97 Å². The molecule has 0 aliphatic rings. The Kier molecular flexibility index (Phi) is 7.36. The van der Waals surface area contributed by atoms with Crippen LogP contribution in [0.15, 0.2) is 45.8 Å². The summed E-state index contributed by atoms with van der Waals surface area (Å²) in [5.41, 5.74) is 0.321. The number of hydrogen-bond donors (Lipinski definition) is 2. The van der Waals surface area contributed by atoms with E-state index >= 15 is 0 Å². The standard InChI is InChI=1S/C20H10F8N4O2S4/c21-17(22,13(33)31-15-29-9(7-37-15)11-3-1-5-35-11)19(25,26)20(27,28)18(23,24)14(34)32-16-30-10(8-38-16)12-4-2-6-36-12/h1-8H,(H,29,31,33)(H,30,32,34). The lowest BCUT2D eigenvalue weighted by Crippen LogP contribution is -2.67. The van der Waals surface area contributed by atoms with Crippen molar-refractivity contribution < 1.29 is 44.7 Å². The predicted octanol–water partition coefficient (Wildman–Crippen LogP) is 7.18. The van der Waals surface area contributed by atoms with E-state index in [9.17, 15) is 44.7 Å². The summed E-state index contributed by atoms with van der Waals surface area (Å²) in [4.78, 5) is 32.2. The van der Waals surface area contributed by atoms with Gasteiger partial charge in [0.25, 0.3) is 0 Å². The fraction of sp³-hybridized carbons (Fsp3) is 0.200. The Morgan fingerprint density at radius 1 is 0.632 bits per heavy atom. The molecule has 0 bridgehead atoms. The SMILES string of the molecule is O=C(Nc1nc(-c2cccs2)cs1)C(F)(F)C(F)(F)C(F)(F)C(F)(F)C(=O)Nc1nc(-c2cccs2)cs1. The largest absolute Gasteiger partial charge is 0.393 e. The molecular weight excluding hydrogens is 608 g/mol. The Morgan fingerprint density at radius 2 is 1.00 bits per heavy atom. The van der Waals surface area contributed by atoms with E-state index in [1.807, 2.05) is 0 Å². The fourth-order valence-corrected chi connectivity index (χ4v) is 5.70. The van der Waals surface area contributed by atoms with Gasteiger partial charge in [-0.3, -0.25) is 20.2 Å². The molecule has 0 aliphatic carbocycles. The first-order valence-electron chi connectivity index (χ1n) is 9.81. The molecule has 2 amide bonds. The number of thiophene rings is 2. The fourth-order valence-electron chi connectivity index (χ4n) is 2.77. The minimum absolute atomic E-state index is 0.160. The third kappa shape index (κ3) is 4.80. The molecule has 0 radical (unpaired) electrons. The first-order valence-corrected chi connectivity index (χ1v) is 13.3. The first-order chi connectivity index (χ1) is 17.7. The summed E-state index contributed by atoms with van der Waals surface area (Å²) < 4.78 is 114. The second-order valence-electron chi connectivity index (χ2n) is 7.24. The third-order valence-corrected chi connectivity index (χ3v) is 8.05. The van der Waals surface area contributed by atoms with Crippen LogP contribution < -0.4 is 10.6 Å². The normalized spacial score (nSPS) is 12.9. The average molecular weight is 619 g/mol. The molecule has 0 saturated carbocycles. The van der Waals surface area contributed by atoms with Crippen LogP contribution in [0.1, 0.15) is 0 Å². The maximum absolute atomic E-state index is 14.3. The number of nitrogens with one attached hydrogen (secondary N) is 2. The van der Waals surface area contributed by atoms with Gasteiger partial charge in [-0.05, 0) is 22.9 Å². The van der Waals surface area contributed by atoms with Crippen molar-refractivity contribution in [2.75, 3.05) is 10.6 Å². The van der Waals surface area contributed by atoms with Crippen molar-refractivity contribution in [3.05, 3.63) is 45.8 Å². The molecule has 4 heterocycles. The Bertz CT molecular complexity index is 1330. The van der Waals surface area contributed by atoms with Crippen molar-refractivity contribution in [1.82, 2.24) is 9.97 Å². The van der Waals surface area contributed by atoms with Crippen LogP contribution in [0.2, 0.25) is 0 Å². The molecule has 0 saturated heterocycles. The van der Waals surface area contributed by atoms with E-state index in [1.165, 1.54) is 44.1 Å². The molecule has 0 aliphatic heterocycles. The smallest absolute Gasteiger partial charge is 0.296 e. The number of aromatic nitrogens is 2. The lowest BCUT2D eigenvalue weighted by Gasteiger charge is -2.35. The molecule has 38 heavy (non-hydrogen) atoms. The Morgan fingerprint density at radius 3 is 1.32 bits per heavy atom. The topological polar surface area (TPSA) is 84.0 Å². The minimum Gasteiger partial charge on any atom is -0.296 e. The molecule has 2 N–H and O–H groups in total. The number of halogens is 8. The van der Waals surface area contributed by atoms with Gasteiger partial charge >= 0.3 is 35.5 Å². The minimum atomic E-state index is -7.01. The first kappa shape index (κ1) is 28.1. The van der Waals surface area contributed by atoms with Crippen LogP contribution in [-0.4, -0.2) is 45.5 Å². The number of thiazole rings is 2. The van der Waals surface area contributed by atoms with E-state index in [2.05, 4.69) is 9.97 Å². The lowest BCUT2D eigenvalue weighted by molar-refractivity contribution is -0.345. The summed E-state index contributed by atoms with van der Waals surface area (Å²) in [7, 11) is 0. The molecule has 0 fully saturated rings. The molecule has 0 spiro atoms. The quantitative estimate of drug-likeness (QED) is 0.195. The Balaban J connectivity index is 1.51.